The predicted octanol–water partition coefficient (Wildman–Crippen LogP) is 2.37. The van der Waals surface area contributed by atoms with Crippen LogP contribution in [-0.4, -0.2) is 10.1 Å². The molecular formula is C13H17N3O2. The normalized spacial score (nSPS) is 12.4. The van der Waals surface area contributed by atoms with E-state index >= 15 is 0 Å². The van der Waals surface area contributed by atoms with Crippen LogP contribution < -0.4 is 10.5 Å². The molecule has 1 heterocycles. The zero-order valence-electron chi connectivity index (χ0n) is 10.6. The van der Waals surface area contributed by atoms with Gasteiger partial charge in [0.25, 0.3) is 0 Å². The van der Waals surface area contributed by atoms with Crippen LogP contribution in [0.5, 0.6) is 5.75 Å². The SMILES string of the molecule is CC[C@@H](N)c1ccc(OCc2noc(C)n2)cc1. The molecule has 2 aromatic rings. The van der Waals surface area contributed by atoms with Gasteiger partial charge in [-0.05, 0) is 24.1 Å². The van der Waals surface area contributed by atoms with Crippen LogP contribution in [0.4, 0.5) is 0 Å². The monoisotopic (exact) mass is 247 g/mol. The first-order valence-electron chi connectivity index (χ1n) is 5.96. The molecule has 0 bridgehead atoms. The van der Waals surface area contributed by atoms with Crippen molar-refractivity contribution in [3.8, 4) is 5.75 Å². The van der Waals surface area contributed by atoms with E-state index in [2.05, 4.69) is 17.1 Å². The molecule has 0 spiro atoms. The number of hydrogen-bond acceptors (Lipinski definition) is 5. The summed E-state index contributed by atoms with van der Waals surface area (Å²) < 4.78 is 10.4. The summed E-state index contributed by atoms with van der Waals surface area (Å²) in [5.41, 5.74) is 7.05. The second-order valence-electron chi connectivity index (χ2n) is 4.10. The summed E-state index contributed by atoms with van der Waals surface area (Å²) in [7, 11) is 0. The summed E-state index contributed by atoms with van der Waals surface area (Å²) in [4.78, 5) is 4.06. The van der Waals surface area contributed by atoms with E-state index in [-0.39, 0.29) is 6.04 Å². The largest absolute Gasteiger partial charge is 0.485 e. The van der Waals surface area contributed by atoms with Crippen LogP contribution >= 0.6 is 0 Å². The molecule has 5 heteroatoms. The fourth-order valence-corrected chi connectivity index (χ4v) is 1.59. The lowest BCUT2D eigenvalue weighted by atomic mass is 10.1. The van der Waals surface area contributed by atoms with Crippen molar-refractivity contribution < 1.29 is 9.26 Å². The van der Waals surface area contributed by atoms with Crippen LogP contribution in [0, 0.1) is 6.92 Å². The van der Waals surface area contributed by atoms with Crippen LogP contribution in [0.15, 0.2) is 28.8 Å². The van der Waals surface area contributed by atoms with Crippen LogP contribution in [-0.2, 0) is 6.61 Å². The van der Waals surface area contributed by atoms with Gasteiger partial charge in [-0.15, -0.1) is 0 Å². The van der Waals surface area contributed by atoms with Crippen molar-refractivity contribution in [3.63, 3.8) is 0 Å². The molecule has 1 aromatic carbocycles. The third-order valence-corrected chi connectivity index (χ3v) is 2.69. The van der Waals surface area contributed by atoms with Gasteiger partial charge in [-0.1, -0.05) is 24.2 Å². The van der Waals surface area contributed by atoms with E-state index in [1.807, 2.05) is 24.3 Å². The molecular weight excluding hydrogens is 230 g/mol. The number of benzene rings is 1. The molecule has 0 fully saturated rings. The number of rotatable bonds is 5. The predicted molar refractivity (Wildman–Crippen MR) is 67.0 cm³/mol. The summed E-state index contributed by atoms with van der Waals surface area (Å²) in [5, 5.41) is 3.76. The number of aromatic nitrogens is 2. The molecule has 5 nitrogen and oxygen atoms in total. The number of hydrogen-bond donors (Lipinski definition) is 1. The van der Waals surface area contributed by atoms with Gasteiger partial charge in [0.2, 0.25) is 11.7 Å². The minimum absolute atomic E-state index is 0.0823. The van der Waals surface area contributed by atoms with Gasteiger partial charge in [0.1, 0.15) is 5.75 Å². The topological polar surface area (TPSA) is 74.2 Å². The van der Waals surface area contributed by atoms with Crippen molar-refractivity contribution in [1.82, 2.24) is 10.1 Å². The Kier molecular flexibility index (Phi) is 3.94. The van der Waals surface area contributed by atoms with E-state index in [0.29, 0.717) is 18.3 Å². The molecule has 0 aliphatic rings. The summed E-state index contributed by atoms with van der Waals surface area (Å²) in [5.74, 6) is 1.85. The number of nitrogens with two attached hydrogens (primary N) is 1. The van der Waals surface area contributed by atoms with E-state index in [1.54, 1.807) is 6.92 Å². The molecule has 0 radical (unpaired) electrons. The highest BCUT2D eigenvalue weighted by Gasteiger charge is 2.05. The Morgan fingerprint density at radius 2 is 2.06 bits per heavy atom. The molecule has 0 aliphatic carbocycles. The van der Waals surface area contributed by atoms with Gasteiger partial charge in [-0.2, -0.15) is 4.98 Å². The van der Waals surface area contributed by atoms with Gasteiger partial charge < -0.3 is 15.0 Å². The second-order valence-corrected chi connectivity index (χ2v) is 4.10. The van der Waals surface area contributed by atoms with Gasteiger partial charge in [0.05, 0.1) is 0 Å². The lowest BCUT2D eigenvalue weighted by Gasteiger charge is -2.10. The smallest absolute Gasteiger partial charge is 0.223 e. The summed E-state index contributed by atoms with van der Waals surface area (Å²) in [6.45, 7) is 4.11. The van der Waals surface area contributed by atoms with E-state index in [0.717, 1.165) is 17.7 Å². The van der Waals surface area contributed by atoms with Crippen LogP contribution in [0.3, 0.4) is 0 Å². The molecule has 96 valence electrons. The molecule has 0 unspecified atom stereocenters. The summed E-state index contributed by atoms with van der Waals surface area (Å²) >= 11 is 0. The highest BCUT2D eigenvalue weighted by molar-refractivity contribution is 5.29. The minimum Gasteiger partial charge on any atom is -0.485 e. The maximum Gasteiger partial charge on any atom is 0.223 e. The van der Waals surface area contributed by atoms with Crippen LogP contribution in [0.1, 0.15) is 36.7 Å². The van der Waals surface area contributed by atoms with E-state index in [9.17, 15) is 0 Å². The first-order chi connectivity index (χ1) is 8.69. The third kappa shape index (κ3) is 3.07. The average Bonchev–Trinajstić information content (AvgIpc) is 2.82. The Hall–Kier alpha value is -1.88. The minimum atomic E-state index is 0.0823. The molecule has 0 saturated carbocycles. The summed E-state index contributed by atoms with van der Waals surface area (Å²) in [6, 6.07) is 7.84. The Labute approximate surface area is 106 Å². The lowest BCUT2D eigenvalue weighted by Crippen LogP contribution is -2.08. The van der Waals surface area contributed by atoms with Gasteiger partial charge in [-0.3, -0.25) is 0 Å². The highest BCUT2D eigenvalue weighted by atomic mass is 16.5. The van der Waals surface area contributed by atoms with Crippen molar-refractivity contribution in [1.29, 1.82) is 0 Å². The first-order valence-corrected chi connectivity index (χ1v) is 5.96. The van der Waals surface area contributed by atoms with E-state index in [1.165, 1.54) is 0 Å². The third-order valence-electron chi connectivity index (χ3n) is 2.69. The fraction of sp³-hybridized carbons (Fsp3) is 0.385. The van der Waals surface area contributed by atoms with Crippen molar-refractivity contribution in [2.45, 2.75) is 32.9 Å². The fourth-order valence-electron chi connectivity index (χ4n) is 1.59. The summed E-state index contributed by atoms with van der Waals surface area (Å²) in [6.07, 6.45) is 0.919. The van der Waals surface area contributed by atoms with Crippen molar-refractivity contribution in [2.24, 2.45) is 5.73 Å². The van der Waals surface area contributed by atoms with E-state index in [4.69, 9.17) is 15.0 Å². The Morgan fingerprint density at radius 3 is 2.61 bits per heavy atom. The van der Waals surface area contributed by atoms with Gasteiger partial charge >= 0.3 is 0 Å². The maximum absolute atomic E-state index is 5.94. The molecule has 0 amide bonds. The second kappa shape index (κ2) is 5.64. The maximum atomic E-state index is 5.94. The van der Waals surface area contributed by atoms with Crippen molar-refractivity contribution in [3.05, 3.63) is 41.5 Å². The zero-order chi connectivity index (χ0) is 13.0. The highest BCUT2D eigenvalue weighted by Crippen LogP contribution is 2.18. The van der Waals surface area contributed by atoms with Gasteiger partial charge in [0.15, 0.2) is 6.61 Å². The number of ether oxygens (including phenoxy) is 1. The quantitative estimate of drug-likeness (QED) is 0.877. The standard InChI is InChI=1S/C13H17N3O2/c1-3-12(14)10-4-6-11(7-5-10)17-8-13-15-9(2)18-16-13/h4-7,12H,3,8,14H2,1-2H3/t12-/m1/s1. The molecule has 1 aromatic heterocycles. The van der Waals surface area contributed by atoms with Crippen molar-refractivity contribution in [2.75, 3.05) is 0 Å². The Morgan fingerprint density at radius 1 is 1.33 bits per heavy atom. The lowest BCUT2D eigenvalue weighted by molar-refractivity contribution is 0.285. The van der Waals surface area contributed by atoms with Crippen LogP contribution in [0.25, 0.3) is 0 Å². The molecule has 0 aliphatic heterocycles. The number of aryl methyl sites for hydroxylation is 1. The average molecular weight is 247 g/mol. The van der Waals surface area contributed by atoms with Gasteiger partial charge in [0, 0.05) is 13.0 Å². The molecule has 2 rings (SSSR count). The van der Waals surface area contributed by atoms with Crippen LogP contribution in [0.2, 0.25) is 0 Å². The van der Waals surface area contributed by atoms with Gasteiger partial charge in [-0.25, -0.2) is 0 Å². The zero-order valence-corrected chi connectivity index (χ0v) is 10.6. The molecule has 18 heavy (non-hydrogen) atoms. The van der Waals surface area contributed by atoms with E-state index < -0.39 is 0 Å². The molecule has 2 N–H and O–H groups in total. The Balaban J connectivity index is 1.94. The molecule has 0 saturated heterocycles. The van der Waals surface area contributed by atoms with Crippen molar-refractivity contribution >= 4 is 0 Å². The first kappa shape index (κ1) is 12.6. The molecule has 1 atom stereocenters. The number of nitrogens with zero attached hydrogens (tertiary/aromatic N) is 2. The Bertz CT molecular complexity index is 493.